The van der Waals surface area contributed by atoms with Crippen molar-refractivity contribution in [2.24, 2.45) is 0 Å². The third kappa shape index (κ3) is 15.7. The fourth-order valence-corrected chi connectivity index (χ4v) is 0.214. The number of carboxylic acid groups (broad SMARTS) is 1. The molecule has 0 aromatic rings. The van der Waals surface area contributed by atoms with Gasteiger partial charge in [0, 0.05) is 25.9 Å². The zero-order valence-corrected chi connectivity index (χ0v) is 7.44. The van der Waals surface area contributed by atoms with E-state index in [-0.39, 0.29) is 57.2 Å². The Bertz CT molecular complexity index is 58.0. The maximum absolute atomic E-state index is 9.60. The van der Waals surface area contributed by atoms with Crippen LogP contribution >= 0.6 is 0 Å². The molecular formula is C4H10CaO2Zn. The molecule has 2 nitrogen and oxygen atoms in total. The third-order valence-electron chi connectivity index (χ3n) is 0.464. The Hall–Kier alpha value is 1.35. The molecule has 0 bridgehead atoms. The summed E-state index contributed by atoms with van der Waals surface area (Å²) in [5.41, 5.74) is 0. The standard InChI is InChI=1S/C4H8O2.Ca.Zn.2H/c1-2-3-4(5)6;;;;/h2-3H2,1H3,(H,5,6);;;;. The Labute approximate surface area is 91.8 Å². The summed E-state index contributed by atoms with van der Waals surface area (Å²) in [5, 5.41) is 7.91. The third-order valence-corrected chi connectivity index (χ3v) is 0.464. The second-order valence-corrected chi connectivity index (χ2v) is 1.14. The van der Waals surface area contributed by atoms with E-state index in [1.54, 1.807) is 0 Å². The quantitative estimate of drug-likeness (QED) is 0.628. The molecule has 0 aromatic carbocycles. The van der Waals surface area contributed by atoms with E-state index >= 15 is 0 Å². The van der Waals surface area contributed by atoms with Crippen molar-refractivity contribution in [2.75, 3.05) is 0 Å². The maximum atomic E-state index is 9.60. The fraction of sp³-hybridized carbons (Fsp3) is 0.750. The summed E-state index contributed by atoms with van der Waals surface area (Å²) < 4.78 is 0. The van der Waals surface area contributed by atoms with Crippen LogP contribution in [0.5, 0.6) is 0 Å². The minimum atomic E-state index is -0.711. The van der Waals surface area contributed by atoms with Gasteiger partial charge in [0.25, 0.3) is 0 Å². The minimum Gasteiger partial charge on any atom is 0 e. The van der Waals surface area contributed by atoms with E-state index in [9.17, 15) is 4.79 Å². The summed E-state index contributed by atoms with van der Waals surface area (Å²) in [6, 6.07) is 0. The van der Waals surface area contributed by atoms with Gasteiger partial charge in [-0.15, -0.1) is 0 Å². The van der Waals surface area contributed by atoms with Gasteiger partial charge in [-0.3, -0.25) is 4.79 Å². The number of hydrogen-bond donors (Lipinski definition) is 1. The van der Waals surface area contributed by atoms with E-state index in [1.165, 1.54) is 0 Å². The Morgan fingerprint density at radius 2 is 2.00 bits per heavy atom. The van der Waals surface area contributed by atoms with Crippen LogP contribution in [-0.4, -0.2) is 48.8 Å². The molecule has 0 amide bonds. The van der Waals surface area contributed by atoms with Crippen LogP contribution in [-0.2, 0) is 24.3 Å². The van der Waals surface area contributed by atoms with E-state index in [0.29, 0.717) is 6.42 Å². The molecule has 0 fully saturated rings. The average molecular weight is 196 g/mol. The molecule has 0 saturated heterocycles. The molecule has 0 saturated carbocycles. The predicted octanol–water partition coefficient (Wildman–Crippen LogP) is -0.0476. The van der Waals surface area contributed by atoms with Gasteiger partial charge in [0.15, 0.2) is 0 Å². The van der Waals surface area contributed by atoms with E-state index in [0.717, 1.165) is 6.42 Å². The van der Waals surface area contributed by atoms with Gasteiger partial charge in [0.1, 0.15) is 0 Å². The molecule has 0 spiro atoms. The molecule has 0 radical (unpaired) electrons. The SMILES string of the molecule is CCCC(=O)O.[CaH2].[Zn]. The van der Waals surface area contributed by atoms with Crippen molar-refractivity contribution in [3.63, 3.8) is 0 Å². The monoisotopic (exact) mass is 194 g/mol. The van der Waals surface area contributed by atoms with Crippen molar-refractivity contribution in [3.05, 3.63) is 0 Å². The van der Waals surface area contributed by atoms with E-state index in [1.807, 2.05) is 6.92 Å². The first kappa shape index (κ1) is 16.2. The Balaban J connectivity index is -0.000000125. The number of carboxylic acids is 1. The summed E-state index contributed by atoms with van der Waals surface area (Å²) in [5.74, 6) is -0.711. The average Bonchev–Trinajstić information content (AvgIpc) is 1.35. The smallest absolute Gasteiger partial charge is 0 e. The predicted molar refractivity (Wildman–Crippen MR) is 31.1 cm³/mol. The molecule has 0 aliphatic carbocycles. The zero-order chi connectivity index (χ0) is 4.99. The van der Waals surface area contributed by atoms with Crippen molar-refractivity contribution in [2.45, 2.75) is 19.8 Å². The van der Waals surface area contributed by atoms with Crippen molar-refractivity contribution in [1.82, 2.24) is 0 Å². The first-order chi connectivity index (χ1) is 2.77. The molecule has 0 aliphatic heterocycles. The number of aliphatic carboxylic acids is 1. The van der Waals surface area contributed by atoms with Crippen molar-refractivity contribution >= 4 is 43.7 Å². The van der Waals surface area contributed by atoms with E-state index in [4.69, 9.17) is 5.11 Å². The van der Waals surface area contributed by atoms with Crippen LogP contribution in [0.15, 0.2) is 0 Å². The van der Waals surface area contributed by atoms with Gasteiger partial charge in [0.2, 0.25) is 0 Å². The van der Waals surface area contributed by atoms with Crippen molar-refractivity contribution in [1.29, 1.82) is 0 Å². The summed E-state index contributed by atoms with van der Waals surface area (Å²) >= 11 is 0. The van der Waals surface area contributed by atoms with Crippen molar-refractivity contribution in [3.8, 4) is 0 Å². The van der Waals surface area contributed by atoms with Gasteiger partial charge in [0.05, 0.1) is 0 Å². The molecule has 0 rings (SSSR count). The van der Waals surface area contributed by atoms with Crippen LogP contribution in [0.25, 0.3) is 0 Å². The van der Waals surface area contributed by atoms with E-state index in [2.05, 4.69) is 0 Å². The molecule has 1 N–H and O–H groups in total. The van der Waals surface area contributed by atoms with Crippen molar-refractivity contribution < 1.29 is 29.4 Å². The Morgan fingerprint density at radius 1 is 1.62 bits per heavy atom. The summed E-state index contributed by atoms with van der Waals surface area (Å²) in [7, 11) is 0. The summed E-state index contributed by atoms with van der Waals surface area (Å²) in [4.78, 5) is 9.60. The van der Waals surface area contributed by atoms with Crippen LogP contribution in [0.3, 0.4) is 0 Å². The van der Waals surface area contributed by atoms with Gasteiger partial charge in [-0.2, -0.15) is 0 Å². The second-order valence-electron chi connectivity index (χ2n) is 1.14. The van der Waals surface area contributed by atoms with Gasteiger partial charge in [-0.1, -0.05) is 6.92 Å². The van der Waals surface area contributed by atoms with Gasteiger partial charge < -0.3 is 5.11 Å². The number of hydrogen-bond acceptors (Lipinski definition) is 1. The molecule has 0 aromatic heterocycles. The molecule has 42 valence electrons. The first-order valence-corrected chi connectivity index (χ1v) is 1.99. The van der Waals surface area contributed by atoms with Gasteiger partial charge in [-0.25, -0.2) is 0 Å². The second kappa shape index (κ2) is 11.2. The van der Waals surface area contributed by atoms with Gasteiger partial charge in [-0.05, 0) is 6.42 Å². The van der Waals surface area contributed by atoms with E-state index < -0.39 is 5.97 Å². The fourth-order valence-electron chi connectivity index (χ4n) is 0.214. The number of carbonyl (C=O) groups is 1. The zero-order valence-electron chi connectivity index (χ0n) is 4.48. The molecule has 0 heterocycles. The number of rotatable bonds is 2. The summed E-state index contributed by atoms with van der Waals surface area (Å²) in [6.07, 6.45) is 1.02. The van der Waals surface area contributed by atoms with Crippen LogP contribution in [0.1, 0.15) is 19.8 Å². The maximum Gasteiger partial charge on any atom is 0 e. The van der Waals surface area contributed by atoms with Crippen LogP contribution < -0.4 is 0 Å². The normalized spacial score (nSPS) is 6.12. The molecule has 4 heteroatoms. The van der Waals surface area contributed by atoms with Crippen LogP contribution in [0.2, 0.25) is 0 Å². The molecule has 0 unspecified atom stereocenters. The first-order valence-electron chi connectivity index (χ1n) is 1.99. The largest absolute Gasteiger partial charge is 0 e. The molecule has 0 aliphatic rings. The van der Waals surface area contributed by atoms with Crippen LogP contribution in [0, 0.1) is 0 Å². The minimum absolute atomic E-state index is 0. The molecular weight excluding hydrogens is 186 g/mol. The Morgan fingerprint density at radius 3 is 2.00 bits per heavy atom. The topological polar surface area (TPSA) is 37.3 Å². The Kier molecular flexibility index (Phi) is 22.6. The van der Waals surface area contributed by atoms with Crippen LogP contribution in [0.4, 0.5) is 0 Å². The molecule has 0 atom stereocenters. The molecule has 8 heavy (non-hydrogen) atoms. The summed E-state index contributed by atoms with van der Waals surface area (Å²) in [6.45, 7) is 1.84. The van der Waals surface area contributed by atoms with Gasteiger partial charge >= 0.3 is 43.7 Å².